The average molecular weight is 269 g/mol. The highest BCUT2D eigenvalue weighted by Gasteiger charge is 2.26. The van der Waals surface area contributed by atoms with E-state index in [4.69, 9.17) is 9.84 Å². The number of para-hydroxylation sites is 1. The summed E-state index contributed by atoms with van der Waals surface area (Å²) in [6.07, 6.45) is -1.27. The summed E-state index contributed by atoms with van der Waals surface area (Å²) in [4.78, 5) is 22.7. The third-order valence-electron chi connectivity index (χ3n) is 2.50. The Labute approximate surface area is 109 Å². The number of phenols is 1. The van der Waals surface area contributed by atoms with Crippen molar-refractivity contribution in [3.05, 3.63) is 23.8 Å². The number of hydrogen-bond donors (Lipinski definition) is 4. The molecular formula is C12H15NO6. The number of carbonyl (C=O) groups is 2. The lowest BCUT2D eigenvalue weighted by Crippen LogP contribution is -2.47. The Morgan fingerprint density at radius 2 is 2.00 bits per heavy atom. The van der Waals surface area contributed by atoms with E-state index in [1.165, 1.54) is 32.2 Å². The smallest absolute Gasteiger partial charge is 0.328 e. The fraction of sp³-hybridized carbons (Fsp3) is 0.333. The van der Waals surface area contributed by atoms with Crippen LogP contribution in [0.1, 0.15) is 17.3 Å². The lowest BCUT2D eigenvalue weighted by molar-refractivity contribution is -0.141. The second-order valence-electron chi connectivity index (χ2n) is 3.89. The van der Waals surface area contributed by atoms with Crippen LogP contribution in [-0.2, 0) is 4.79 Å². The number of aromatic hydroxyl groups is 1. The minimum atomic E-state index is -1.46. The first-order valence-corrected chi connectivity index (χ1v) is 5.46. The molecule has 7 nitrogen and oxygen atoms in total. The summed E-state index contributed by atoms with van der Waals surface area (Å²) in [5, 5.41) is 30.0. The van der Waals surface area contributed by atoms with E-state index in [0.717, 1.165) is 0 Å². The molecule has 0 saturated carbocycles. The van der Waals surface area contributed by atoms with Gasteiger partial charge in [0.25, 0.3) is 5.91 Å². The van der Waals surface area contributed by atoms with Gasteiger partial charge in [-0.15, -0.1) is 0 Å². The first-order chi connectivity index (χ1) is 8.88. The van der Waals surface area contributed by atoms with Crippen LogP contribution in [0.25, 0.3) is 0 Å². The van der Waals surface area contributed by atoms with Gasteiger partial charge in [-0.05, 0) is 19.1 Å². The van der Waals surface area contributed by atoms with Gasteiger partial charge in [-0.3, -0.25) is 4.79 Å². The molecule has 7 heteroatoms. The van der Waals surface area contributed by atoms with E-state index in [9.17, 15) is 19.8 Å². The fourth-order valence-electron chi connectivity index (χ4n) is 1.48. The van der Waals surface area contributed by atoms with E-state index in [2.05, 4.69) is 5.32 Å². The zero-order valence-corrected chi connectivity index (χ0v) is 10.5. The van der Waals surface area contributed by atoms with Gasteiger partial charge in [0.15, 0.2) is 17.5 Å². The van der Waals surface area contributed by atoms with Crippen molar-refractivity contribution in [2.24, 2.45) is 0 Å². The molecule has 0 radical (unpaired) electrons. The third-order valence-corrected chi connectivity index (χ3v) is 2.50. The van der Waals surface area contributed by atoms with Crippen LogP contribution in [-0.4, -0.2) is 46.5 Å². The Balaban J connectivity index is 2.98. The fourth-order valence-corrected chi connectivity index (χ4v) is 1.48. The van der Waals surface area contributed by atoms with Crippen LogP contribution in [0.15, 0.2) is 18.2 Å². The van der Waals surface area contributed by atoms with Crippen molar-refractivity contribution < 1.29 is 29.6 Å². The van der Waals surface area contributed by atoms with Crippen LogP contribution in [0, 0.1) is 0 Å². The Hall–Kier alpha value is -2.28. The topological polar surface area (TPSA) is 116 Å². The molecule has 0 saturated heterocycles. The number of benzene rings is 1. The third kappa shape index (κ3) is 3.35. The van der Waals surface area contributed by atoms with E-state index < -0.39 is 29.8 Å². The number of rotatable bonds is 5. The second-order valence-corrected chi connectivity index (χ2v) is 3.89. The highest BCUT2D eigenvalue weighted by atomic mass is 16.5. The van der Waals surface area contributed by atoms with Crippen molar-refractivity contribution in [3.63, 3.8) is 0 Å². The standard InChI is InChI=1S/C12H15NO6/c1-6(14)9(12(17)18)13-11(16)7-4-3-5-8(19-2)10(7)15/h3-6,9,14-15H,1-2H3,(H,13,16)(H,17,18). The Bertz CT molecular complexity index is 485. The normalized spacial score (nSPS) is 13.4. The quantitative estimate of drug-likeness (QED) is 0.596. The van der Waals surface area contributed by atoms with E-state index >= 15 is 0 Å². The van der Waals surface area contributed by atoms with E-state index in [1.54, 1.807) is 0 Å². The van der Waals surface area contributed by atoms with Crippen LogP contribution >= 0.6 is 0 Å². The van der Waals surface area contributed by atoms with Crippen molar-refractivity contribution in [2.75, 3.05) is 7.11 Å². The van der Waals surface area contributed by atoms with E-state index in [0.29, 0.717) is 0 Å². The molecule has 0 aliphatic carbocycles. The monoisotopic (exact) mass is 269 g/mol. The molecule has 0 heterocycles. The number of aliphatic hydroxyl groups is 1. The number of methoxy groups -OCH3 is 1. The lowest BCUT2D eigenvalue weighted by Gasteiger charge is -2.17. The summed E-state index contributed by atoms with van der Waals surface area (Å²) in [7, 11) is 1.33. The largest absolute Gasteiger partial charge is 0.504 e. The first kappa shape index (κ1) is 14.8. The molecule has 0 aliphatic heterocycles. The number of carboxylic acids is 1. The molecule has 1 aromatic carbocycles. The van der Waals surface area contributed by atoms with Crippen molar-refractivity contribution in [2.45, 2.75) is 19.1 Å². The number of hydrogen-bond acceptors (Lipinski definition) is 5. The van der Waals surface area contributed by atoms with Crippen molar-refractivity contribution in [1.82, 2.24) is 5.32 Å². The number of carbonyl (C=O) groups excluding carboxylic acids is 1. The Kier molecular flexibility index (Phi) is 4.71. The van der Waals surface area contributed by atoms with Gasteiger partial charge in [0, 0.05) is 0 Å². The molecule has 0 aromatic heterocycles. The molecule has 0 fully saturated rings. The van der Waals surface area contributed by atoms with Crippen LogP contribution in [0.4, 0.5) is 0 Å². The lowest BCUT2D eigenvalue weighted by atomic mass is 10.1. The minimum absolute atomic E-state index is 0.0940. The first-order valence-electron chi connectivity index (χ1n) is 5.46. The maximum absolute atomic E-state index is 11.9. The molecule has 0 spiro atoms. The van der Waals surface area contributed by atoms with Crippen molar-refractivity contribution in [3.8, 4) is 11.5 Å². The number of amides is 1. The highest BCUT2D eigenvalue weighted by Crippen LogP contribution is 2.29. The summed E-state index contributed by atoms with van der Waals surface area (Å²) >= 11 is 0. The molecule has 104 valence electrons. The van der Waals surface area contributed by atoms with Gasteiger partial charge in [-0.25, -0.2) is 4.79 Å². The van der Waals surface area contributed by atoms with Crippen molar-refractivity contribution in [1.29, 1.82) is 0 Å². The molecular weight excluding hydrogens is 254 g/mol. The molecule has 2 unspecified atom stereocenters. The summed E-state index contributed by atoms with van der Waals surface area (Å²) in [5.74, 6) is -2.48. The number of aliphatic carboxylic acids is 1. The molecule has 19 heavy (non-hydrogen) atoms. The minimum Gasteiger partial charge on any atom is -0.504 e. The van der Waals surface area contributed by atoms with Gasteiger partial charge in [0.05, 0.1) is 18.8 Å². The number of phenolic OH excluding ortho intramolecular Hbond substituents is 1. The van der Waals surface area contributed by atoms with E-state index in [-0.39, 0.29) is 11.3 Å². The molecule has 0 aliphatic rings. The van der Waals surface area contributed by atoms with E-state index in [1.807, 2.05) is 0 Å². The van der Waals surface area contributed by atoms with Crippen LogP contribution in [0.3, 0.4) is 0 Å². The van der Waals surface area contributed by atoms with Crippen LogP contribution in [0.2, 0.25) is 0 Å². The average Bonchev–Trinajstić information content (AvgIpc) is 2.35. The second kappa shape index (κ2) is 6.05. The molecule has 1 rings (SSSR count). The van der Waals surface area contributed by atoms with Gasteiger partial charge in [0.2, 0.25) is 0 Å². The summed E-state index contributed by atoms with van der Waals surface area (Å²) in [5.41, 5.74) is -0.133. The maximum Gasteiger partial charge on any atom is 0.328 e. The molecule has 0 bridgehead atoms. The van der Waals surface area contributed by atoms with Crippen molar-refractivity contribution >= 4 is 11.9 Å². The number of carboxylic acid groups (broad SMARTS) is 1. The van der Waals surface area contributed by atoms with Gasteiger partial charge < -0.3 is 25.4 Å². The van der Waals surface area contributed by atoms with Gasteiger partial charge in [0.1, 0.15) is 0 Å². The molecule has 4 N–H and O–H groups in total. The number of ether oxygens (including phenoxy) is 1. The van der Waals surface area contributed by atoms with Gasteiger partial charge in [-0.1, -0.05) is 6.07 Å². The molecule has 1 aromatic rings. The predicted octanol–water partition coefficient (Wildman–Crippen LogP) is -0.0354. The van der Waals surface area contributed by atoms with Crippen LogP contribution in [0.5, 0.6) is 11.5 Å². The Morgan fingerprint density at radius 3 is 2.47 bits per heavy atom. The molecule has 1 amide bonds. The predicted molar refractivity (Wildman–Crippen MR) is 65.2 cm³/mol. The zero-order chi connectivity index (χ0) is 14.6. The molecule has 2 atom stereocenters. The zero-order valence-electron chi connectivity index (χ0n) is 10.5. The highest BCUT2D eigenvalue weighted by molar-refractivity contribution is 5.99. The van der Waals surface area contributed by atoms with Gasteiger partial charge >= 0.3 is 5.97 Å². The summed E-state index contributed by atoms with van der Waals surface area (Å²) < 4.78 is 4.84. The SMILES string of the molecule is COc1cccc(C(=O)NC(C(=O)O)C(C)O)c1O. The number of aliphatic hydroxyl groups excluding tert-OH is 1. The van der Waals surface area contributed by atoms with Crippen LogP contribution < -0.4 is 10.1 Å². The van der Waals surface area contributed by atoms with Gasteiger partial charge in [-0.2, -0.15) is 0 Å². The summed E-state index contributed by atoms with van der Waals surface area (Å²) in [6.45, 7) is 1.24. The Morgan fingerprint density at radius 1 is 1.37 bits per heavy atom. The maximum atomic E-state index is 11.9. The number of nitrogens with one attached hydrogen (secondary N) is 1. The summed E-state index contributed by atoms with van der Waals surface area (Å²) in [6, 6.07) is 2.79.